The largest absolute Gasteiger partial charge is 0.343 e. The van der Waals surface area contributed by atoms with Gasteiger partial charge in [0.15, 0.2) is 0 Å². The zero-order chi connectivity index (χ0) is 29.9. The van der Waals surface area contributed by atoms with E-state index in [0.717, 1.165) is 17.1 Å². The van der Waals surface area contributed by atoms with Gasteiger partial charge in [0.05, 0.1) is 5.52 Å². The molecule has 0 spiro atoms. The first-order chi connectivity index (χ1) is 22.3. The number of aryl methyl sites for hydroxylation is 1. The van der Waals surface area contributed by atoms with Gasteiger partial charge in [0, 0.05) is 45.8 Å². The highest BCUT2D eigenvalue weighted by Gasteiger charge is 2.19. The van der Waals surface area contributed by atoms with Crippen LogP contribution < -0.4 is 4.90 Å². The van der Waals surface area contributed by atoms with Crippen molar-refractivity contribution in [2.75, 3.05) is 4.90 Å². The van der Waals surface area contributed by atoms with Crippen LogP contribution >= 0.6 is 0 Å². The van der Waals surface area contributed by atoms with Crippen molar-refractivity contribution in [2.24, 2.45) is 7.05 Å². The lowest BCUT2D eigenvalue weighted by atomic mass is 9.93. The van der Waals surface area contributed by atoms with Crippen LogP contribution in [-0.4, -0.2) is 4.57 Å². The number of aromatic nitrogens is 1. The quantitative estimate of drug-likeness (QED) is 0.190. The first kappa shape index (κ1) is 25.6. The van der Waals surface area contributed by atoms with E-state index in [-0.39, 0.29) is 0 Å². The first-order valence-electron chi connectivity index (χ1n) is 15.5. The highest BCUT2D eigenvalue weighted by molar-refractivity contribution is 6.33. The molecule has 212 valence electrons. The Hall–Kier alpha value is -5.86. The van der Waals surface area contributed by atoms with Gasteiger partial charge in [0.25, 0.3) is 0 Å². The molecular formula is C43H30N2. The molecule has 2 nitrogen and oxygen atoms in total. The van der Waals surface area contributed by atoms with Crippen LogP contribution in [0.15, 0.2) is 164 Å². The highest BCUT2D eigenvalue weighted by Crippen LogP contribution is 2.44. The van der Waals surface area contributed by atoms with Crippen molar-refractivity contribution in [3.05, 3.63) is 164 Å². The average Bonchev–Trinajstić information content (AvgIpc) is 3.42. The summed E-state index contributed by atoms with van der Waals surface area (Å²) in [6.07, 6.45) is 0. The molecule has 0 radical (unpaired) electrons. The fraction of sp³-hybridized carbons (Fsp3) is 0.0233. The second-order valence-corrected chi connectivity index (χ2v) is 11.8. The minimum Gasteiger partial charge on any atom is -0.343 e. The summed E-state index contributed by atoms with van der Waals surface area (Å²) in [4.78, 5) is 2.34. The van der Waals surface area contributed by atoms with E-state index in [1.807, 2.05) is 0 Å². The van der Waals surface area contributed by atoms with E-state index in [1.54, 1.807) is 0 Å². The molecule has 0 aliphatic carbocycles. The van der Waals surface area contributed by atoms with Gasteiger partial charge in [0.2, 0.25) is 0 Å². The molecule has 0 fully saturated rings. The number of fused-ring (bicyclic) bond motifs is 9. The standard InChI is InChI=1S/C43H30N2/c1-44-40-21-11-20-35(41(40)42-38-18-9-7-16-36(38)37-17-8-10-19-39(37)43(42)44)30-23-25-33(26-24-30)45(32-14-3-2-4-15-32)34-27-22-29-12-5-6-13-31(29)28-34/h2-28H,1H3. The summed E-state index contributed by atoms with van der Waals surface area (Å²) in [6.45, 7) is 0. The van der Waals surface area contributed by atoms with Gasteiger partial charge in [-0.05, 0) is 80.5 Å². The Kier molecular flexibility index (Phi) is 5.76. The number of anilines is 3. The Balaban J connectivity index is 1.25. The van der Waals surface area contributed by atoms with Crippen LogP contribution in [0.1, 0.15) is 0 Å². The van der Waals surface area contributed by atoms with Gasteiger partial charge in [-0.25, -0.2) is 0 Å². The predicted octanol–water partition coefficient (Wildman–Crippen LogP) is 11.9. The molecule has 0 saturated carbocycles. The Morgan fingerprint density at radius 3 is 1.80 bits per heavy atom. The maximum atomic E-state index is 2.38. The van der Waals surface area contributed by atoms with Crippen molar-refractivity contribution >= 4 is 71.2 Å². The summed E-state index contributed by atoms with van der Waals surface area (Å²) >= 11 is 0. The molecule has 0 aliphatic rings. The van der Waals surface area contributed by atoms with Gasteiger partial charge >= 0.3 is 0 Å². The van der Waals surface area contributed by atoms with Crippen LogP contribution in [0.3, 0.4) is 0 Å². The third-order valence-electron chi connectivity index (χ3n) is 9.34. The van der Waals surface area contributed by atoms with Crippen molar-refractivity contribution in [2.45, 2.75) is 0 Å². The van der Waals surface area contributed by atoms with E-state index in [9.17, 15) is 0 Å². The van der Waals surface area contributed by atoms with Crippen molar-refractivity contribution < 1.29 is 0 Å². The topological polar surface area (TPSA) is 8.17 Å². The second kappa shape index (κ2) is 10.1. The molecule has 2 heteroatoms. The lowest BCUT2D eigenvalue weighted by molar-refractivity contribution is 1.02. The van der Waals surface area contributed by atoms with Crippen LogP contribution in [0.5, 0.6) is 0 Å². The van der Waals surface area contributed by atoms with Crippen molar-refractivity contribution in [3.8, 4) is 11.1 Å². The summed E-state index contributed by atoms with van der Waals surface area (Å²) in [5.41, 5.74) is 8.40. The molecule has 0 unspecified atom stereocenters. The van der Waals surface area contributed by atoms with Crippen LogP contribution in [0, 0.1) is 0 Å². The lowest BCUT2D eigenvalue weighted by Gasteiger charge is -2.26. The molecule has 0 bridgehead atoms. The summed E-state index contributed by atoms with van der Waals surface area (Å²) in [5.74, 6) is 0. The van der Waals surface area contributed by atoms with Gasteiger partial charge in [-0.1, -0.05) is 121 Å². The number of para-hydroxylation sites is 1. The van der Waals surface area contributed by atoms with Crippen LogP contribution in [0.4, 0.5) is 17.1 Å². The van der Waals surface area contributed by atoms with E-state index in [0.29, 0.717) is 0 Å². The van der Waals surface area contributed by atoms with E-state index in [1.165, 1.54) is 65.3 Å². The number of nitrogens with zero attached hydrogens (tertiary/aromatic N) is 2. The number of hydrogen-bond acceptors (Lipinski definition) is 1. The van der Waals surface area contributed by atoms with Gasteiger partial charge in [-0.2, -0.15) is 0 Å². The minimum absolute atomic E-state index is 1.13. The molecule has 0 saturated heterocycles. The van der Waals surface area contributed by atoms with Crippen LogP contribution in [0.25, 0.3) is 65.3 Å². The van der Waals surface area contributed by atoms with Gasteiger partial charge in [-0.15, -0.1) is 0 Å². The normalized spacial score (nSPS) is 11.7. The summed E-state index contributed by atoms with van der Waals surface area (Å²) in [5, 5.41) is 10.3. The van der Waals surface area contributed by atoms with E-state index >= 15 is 0 Å². The first-order valence-corrected chi connectivity index (χ1v) is 15.5. The van der Waals surface area contributed by atoms with Gasteiger partial charge in [-0.3, -0.25) is 0 Å². The monoisotopic (exact) mass is 574 g/mol. The van der Waals surface area contributed by atoms with Crippen molar-refractivity contribution in [1.29, 1.82) is 0 Å². The molecule has 0 atom stereocenters. The zero-order valence-electron chi connectivity index (χ0n) is 25.0. The Bertz CT molecular complexity index is 2540. The Labute approximate surface area is 262 Å². The highest BCUT2D eigenvalue weighted by atomic mass is 15.1. The molecule has 9 aromatic rings. The van der Waals surface area contributed by atoms with E-state index in [2.05, 4.69) is 180 Å². The fourth-order valence-corrected chi connectivity index (χ4v) is 7.30. The molecule has 1 aromatic heterocycles. The zero-order valence-corrected chi connectivity index (χ0v) is 25.0. The number of hydrogen-bond donors (Lipinski definition) is 0. The third-order valence-corrected chi connectivity index (χ3v) is 9.34. The summed E-state index contributed by atoms with van der Waals surface area (Å²) in [7, 11) is 2.21. The van der Waals surface area contributed by atoms with Crippen LogP contribution in [-0.2, 0) is 7.05 Å². The third kappa shape index (κ3) is 3.96. The van der Waals surface area contributed by atoms with Crippen molar-refractivity contribution in [1.82, 2.24) is 4.57 Å². The smallest absolute Gasteiger partial charge is 0.0575 e. The molecule has 9 rings (SSSR count). The maximum absolute atomic E-state index is 2.38. The maximum Gasteiger partial charge on any atom is 0.0575 e. The fourth-order valence-electron chi connectivity index (χ4n) is 7.30. The second-order valence-electron chi connectivity index (χ2n) is 11.8. The molecule has 1 heterocycles. The van der Waals surface area contributed by atoms with E-state index in [4.69, 9.17) is 0 Å². The minimum atomic E-state index is 1.13. The summed E-state index contributed by atoms with van der Waals surface area (Å²) in [6, 6.07) is 59.4. The molecule has 0 amide bonds. The molecule has 0 aliphatic heterocycles. The Morgan fingerprint density at radius 2 is 1.02 bits per heavy atom. The number of benzene rings is 8. The molecule has 0 N–H and O–H groups in total. The average molecular weight is 575 g/mol. The number of rotatable bonds is 4. The van der Waals surface area contributed by atoms with Gasteiger partial charge in [0.1, 0.15) is 0 Å². The molecule has 8 aromatic carbocycles. The Morgan fingerprint density at radius 1 is 0.422 bits per heavy atom. The lowest BCUT2D eigenvalue weighted by Crippen LogP contribution is -2.09. The van der Waals surface area contributed by atoms with Gasteiger partial charge < -0.3 is 9.47 Å². The SMILES string of the molecule is Cn1c2cccc(-c3ccc(N(c4ccccc4)c4ccc5ccccc5c4)cc3)c2c2c3ccccc3c3ccccc3c21. The molecular weight excluding hydrogens is 544 g/mol. The summed E-state index contributed by atoms with van der Waals surface area (Å²) < 4.78 is 2.38. The molecule has 45 heavy (non-hydrogen) atoms. The van der Waals surface area contributed by atoms with Crippen molar-refractivity contribution in [3.63, 3.8) is 0 Å². The van der Waals surface area contributed by atoms with E-state index < -0.39 is 0 Å². The van der Waals surface area contributed by atoms with Crippen LogP contribution in [0.2, 0.25) is 0 Å². The predicted molar refractivity (Wildman–Crippen MR) is 193 cm³/mol.